The monoisotopic (exact) mass is 651 g/mol. The Bertz CT molecular complexity index is 2770. The van der Waals surface area contributed by atoms with E-state index < -0.39 is 0 Å². The Morgan fingerprint density at radius 2 is 1.00 bits per heavy atom. The van der Waals surface area contributed by atoms with E-state index in [2.05, 4.69) is 192 Å². The quantitative estimate of drug-likeness (QED) is 0.173. The average molecular weight is 652 g/mol. The van der Waals surface area contributed by atoms with E-state index >= 15 is 0 Å². The molecule has 240 valence electrons. The van der Waals surface area contributed by atoms with Gasteiger partial charge in [0.1, 0.15) is 5.69 Å². The van der Waals surface area contributed by atoms with Crippen molar-refractivity contribution in [3.8, 4) is 72.4 Å². The average Bonchev–Trinajstić information content (AvgIpc) is 3.75. The molecule has 8 aromatic carbocycles. The number of aromatic nitrogens is 2. The van der Waals surface area contributed by atoms with E-state index in [1.807, 2.05) is 0 Å². The van der Waals surface area contributed by atoms with Gasteiger partial charge in [0.25, 0.3) is 5.82 Å². The molecule has 10 rings (SSSR count). The molecule has 0 saturated heterocycles. The van der Waals surface area contributed by atoms with Crippen LogP contribution in [0, 0.1) is 0 Å². The van der Waals surface area contributed by atoms with Crippen LogP contribution in [-0.4, -0.2) is 4.98 Å². The van der Waals surface area contributed by atoms with E-state index in [9.17, 15) is 0 Å². The summed E-state index contributed by atoms with van der Waals surface area (Å²) >= 11 is 0. The smallest absolute Gasteiger partial charge is 0.240 e. The van der Waals surface area contributed by atoms with Gasteiger partial charge >= 0.3 is 0 Å². The van der Waals surface area contributed by atoms with Gasteiger partial charge in [-0.05, 0) is 96.2 Å². The molecule has 0 bridgehead atoms. The zero-order valence-corrected chi connectivity index (χ0v) is 28.4. The van der Waals surface area contributed by atoms with Gasteiger partial charge in [-0.2, -0.15) is 4.57 Å². The SMILES string of the molecule is CCc1[nH]c2ccccc2[n+]1-c1ccccc1-c1ccccc1-c1cc(-c2ccccc2)c2c(c1-c1ccccc1)-c1cccc3cccc-2c13. The van der Waals surface area contributed by atoms with E-state index in [0.29, 0.717) is 0 Å². The van der Waals surface area contributed by atoms with Crippen LogP contribution < -0.4 is 4.57 Å². The fourth-order valence-electron chi connectivity index (χ4n) is 8.45. The molecule has 0 unspecified atom stereocenters. The van der Waals surface area contributed by atoms with Gasteiger partial charge in [-0.3, -0.25) is 0 Å². The maximum Gasteiger partial charge on any atom is 0.260 e. The predicted octanol–water partition coefficient (Wildman–Crippen LogP) is 12.5. The highest BCUT2D eigenvalue weighted by molar-refractivity contribution is 6.23. The number of H-pyrrole nitrogens is 1. The van der Waals surface area contributed by atoms with Gasteiger partial charge in [0.15, 0.2) is 11.0 Å². The van der Waals surface area contributed by atoms with Crippen molar-refractivity contribution in [3.05, 3.63) is 182 Å². The summed E-state index contributed by atoms with van der Waals surface area (Å²) in [5.41, 5.74) is 18.5. The number of aromatic amines is 1. The summed E-state index contributed by atoms with van der Waals surface area (Å²) in [4.78, 5) is 3.70. The predicted molar refractivity (Wildman–Crippen MR) is 213 cm³/mol. The van der Waals surface area contributed by atoms with E-state index in [1.165, 1.54) is 94.6 Å². The molecule has 0 radical (unpaired) electrons. The number of para-hydroxylation sites is 3. The third-order valence-corrected chi connectivity index (χ3v) is 10.6. The van der Waals surface area contributed by atoms with Crippen LogP contribution in [0.4, 0.5) is 0 Å². The summed E-state index contributed by atoms with van der Waals surface area (Å²) in [7, 11) is 0. The minimum absolute atomic E-state index is 0.889. The highest BCUT2D eigenvalue weighted by Gasteiger charge is 2.31. The lowest BCUT2D eigenvalue weighted by Crippen LogP contribution is -2.34. The fraction of sp³-hybridized carbons (Fsp3) is 0.0408. The number of hydrogen-bond acceptors (Lipinski definition) is 0. The molecule has 9 aromatic rings. The van der Waals surface area contributed by atoms with Gasteiger partial charge in [-0.15, -0.1) is 0 Å². The zero-order valence-electron chi connectivity index (χ0n) is 28.4. The van der Waals surface area contributed by atoms with Crippen molar-refractivity contribution >= 4 is 21.8 Å². The highest BCUT2D eigenvalue weighted by atomic mass is 15.1. The number of rotatable bonds is 6. The van der Waals surface area contributed by atoms with Crippen molar-refractivity contribution in [2.75, 3.05) is 0 Å². The first-order chi connectivity index (χ1) is 25.3. The summed E-state index contributed by atoms with van der Waals surface area (Å²) in [6.45, 7) is 2.22. The molecule has 0 atom stereocenters. The Kier molecular flexibility index (Phi) is 6.82. The highest BCUT2D eigenvalue weighted by Crippen LogP contribution is 2.57. The van der Waals surface area contributed by atoms with Gasteiger partial charge in [-0.25, -0.2) is 4.98 Å². The Morgan fingerprint density at radius 1 is 0.431 bits per heavy atom. The van der Waals surface area contributed by atoms with Crippen molar-refractivity contribution in [2.45, 2.75) is 13.3 Å². The standard InChI is InChI=1S/C49H34N2/c1-2-45-50-42-28-12-14-30-44(42)51(45)43-29-13-11-25-37(43)35-23-9-10-24-36(35)41-31-40(32-17-5-3-6-18-32)48-38-26-15-21-33-22-16-27-39(46(33)38)49(48)47(41)34-19-7-4-8-20-34/h3-31H,2H2,1H3/p+1. The van der Waals surface area contributed by atoms with Crippen LogP contribution in [0.3, 0.4) is 0 Å². The van der Waals surface area contributed by atoms with Crippen LogP contribution in [-0.2, 0) is 6.42 Å². The van der Waals surface area contributed by atoms with Gasteiger partial charge in [0.05, 0.1) is 0 Å². The molecule has 0 amide bonds. The first-order valence-corrected chi connectivity index (χ1v) is 17.9. The van der Waals surface area contributed by atoms with Crippen LogP contribution in [0.5, 0.6) is 0 Å². The molecule has 1 aromatic heterocycles. The molecule has 1 heterocycles. The van der Waals surface area contributed by atoms with E-state index in [4.69, 9.17) is 0 Å². The van der Waals surface area contributed by atoms with Crippen LogP contribution in [0.2, 0.25) is 0 Å². The molecule has 0 spiro atoms. The molecular formula is C49H35N2+. The van der Waals surface area contributed by atoms with Crippen molar-refractivity contribution < 1.29 is 4.57 Å². The molecule has 2 nitrogen and oxygen atoms in total. The van der Waals surface area contributed by atoms with Crippen LogP contribution in [0.1, 0.15) is 12.7 Å². The number of imidazole rings is 1. The maximum absolute atomic E-state index is 3.70. The number of benzene rings is 8. The molecule has 51 heavy (non-hydrogen) atoms. The molecule has 0 saturated carbocycles. The van der Waals surface area contributed by atoms with Crippen molar-refractivity contribution in [1.29, 1.82) is 0 Å². The molecule has 1 aliphatic rings. The van der Waals surface area contributed by atoms with Gasteiger partial charge in [-0.1, -0.05) is 159 Å². The minimum atomic E-state index is 0.889. The van der Waals surface area contributed by atoms with Crippen LogP contribution in [0.15, 0.2) is 176 Å². The molecule has 0 fully saturated rings. The van der Waals surface area contributed by atoms with Crippen molar-refractivity contribution in [1.82, 2.24) is 4.98 Å². The summed E-state index contributed by atoms with van der Waals surface area (Å²) in [5.74, 6) is 1.18. The topological polar surface area (TPSA) is 19.7 Å². The van der Waals surface area contributed by atoms with Crippen LogP contribution >= 0.6 is 0 Å². The molecular weight excluding hydrogens is 617 g/mol. The first-order valence-electron chi connectivity index (χ1n) is 17.9. The lowest BCUT2D eigenvalue weighted by atomic mass is 9.80. The summed E-state index contributed by atoms with van der Waals surface area (Å²) in [6.07, 6.45) is 0.889. The molecule has 0 aliphatic heterocycles. The largest absolute Gasteiger partial charge is 0.260 e. The summed E-state index contributed by atoms with van der Waals surface area (Å²) < 4.78 is 2.41. The first kappa shape index (κ1) is 29.4. The van der Waals surface area contributed by atoms with Crippen molar-refractivity contribution in [3.63, 3.8) is 0 Å². The van der Waals surface area contributed by atoms with Gasteiger partial charge in [0, 0.05) is 12.0 Å². The number of fused-ring (bicyclic) bond motifs is 4. The van der Waals surface area contributed by atoms with Crippen molar-refractivity contribution in [2.24, 2.45) is 0 Å². The minimum Gasteiger partial charge on any atom is -0.240 e. The second-order valence-electron chi connectivity index (χ2n) is 13.4. The Hall–Kier alpha value is -6.51. The number of aryl methyl sites for hydroxylation is 1. The maximum atomic E-state index is 3.70. The molecule has 2 heteroatoms. The summed E-state index contributed by atoms with van der Waals surface area (Å²) in [5, 5.41) is 2.61. The number of hydrogen-bond donors (Lipinski definition) is 1. The lowest BCUT2D eigenvalue weighted by Gasteiger charge is -2.22. The summed E-state index contributed by atoms with van der Waals surface area (Å²) in [6, 6.07) is 64.4. The van der Waals surface area contributed by atoms with Gasteiger partial charge in [0.2, 0.25) is 0 Å². The Balaban J connectivity index is 1.33. The van der Waals surface area contributed by atoms with E-state index in [0.717, 1.165) is 11.9 Å². The molecule has 1 aliphatic carbocycles. The normalized spacial score (nSPS) is 11.7. The zero-order chi connectivity index (χ0) is 33.9. The number of nitrogens with zero attached hydrogens (tertiary/aromatic N) is 1. The van der Waals surface area contributed by atoms with E-state index in [1.54, 1.807) is 0 Å². The third kappa shape index (κ3) is 4.53. The fourth-order valence-corrected chi connectivity index (χ4v) is 8.45. The third-order valence-electron chi connectivity index (χ3n) is 10.6. The van der Waals surface area contributed by atoms with E-state index in [-0.39, 0.29) is 0 Å². The van der Waals surface area contributed by atoms with Crippen LogP contribution in [0.25, 0.3) is 94.3 Å². The number of nitrogens with one attached hydrogen (secondary N) is 1. The Morgan fingerprint density at radius 3 is 1.73 bits per heavy atom. The Labute approximate surface area is 298 Å². The lowest BCUT2D eigenvalue weighted by molar-refractivity contribution is -0.575. The van der Waals surface area contributed by atoms with Gasteiger partial charge < -0.3 is 0 Å². The second kappa shape index (κ2) is 11.8. The second-order valence-corrected chi connectivity index (χ2v) is 13.4. The molecule has 1 N–H and O–H groups in total.